The molecule has 0 atom stereocenters. The monoisotopic (exact) mass is 468 g/mol. The fraction of sp³-hybridized carbons (Fsp3) is 0.348. The molecule has 3 aromatic heterocycles. The van der Waals surface area contributed by atoms with Crippen LogP contribution >= 0.6 is 0 Å². The third-order valence-corrected chi connectivity index (χ3v) is 5.56. The second kappa shape index (κ2) is 10.3. The Morgan fingerprint density at radius 2 is 1.18 bits per heavy atom. The van der Waals surface area contributed by atoms with Crippen LogP contribution in [0.4, 0.5) is 17.1 Å². The predicted molar refractivity (Wildman–Crippen MR) is 132 cm³/mol. The van der Waals surface area contributed by atoms with Crippen LogP contribution in [0.2, 0.25) is 0 Å². The molecule has 0 saturated heterocycles. The number of hydrogen-bond donors (Lipinski definition) is 4. The molecule has 0 aliphatic rings. The van der Waals surface area contributed by atoms with Gasteiger partial charge in [0, 0.05) is 52.0 Å². The van der Waals surface area contributed by atoms with E-state index >= 15 is 0 Å². The molecule has 5 N–H and O–H groups in total. The molecular weight excluding hydrogens is 436 g/mol. The maximum Gasteiger partial charge on any atom is 0.274 e. The van der Waals surface area contributed by atoms with Crippen LogP contribution in [0.1, 0.15) is 37.9 Å². The average Bonchev–Trinajstić information content (AvgIpc) is 3.56. The number of carbonyl (C=O) groups is 3. The summed E-state index contributed by atoms with van der Waals surface area (Å²) in [5.41, 5.74) is 8.28. The number of aromatic nitrogens is 3. The minimum Gasteiger partial charge on any atom is -0.397 e. The van der Waals surface area contributed by atoms with Crippen LogP contribution in [0, 0.1) is 0 Å². The van der Waals surface area contributed by atoms with Crippen molar-refractivity contribution in [2.45, 2.75) is 6.42 Å². The summed E-state index contributed by atoms with van der Waals surface area (Å²) in [4.78, 5) is 53.6. The molecule has 3 aromatic rings. The molecule has 0 aliphatic carbocycles. The number of H-pyrrole nitrogens is 3. The van der Waals surface area contributed by atoms with E-state index in [4.69, 9.17) is 5.73 Å². The summed E-state index contributed by atoms with van der Waals surface area (Å²) >= 11 is 0. The number of nitrogens with zero attached hydrogens (tertiary/aromatic N) is 4. The molecule has 0 aromatic carbocycles. The summed E-state index contributed by atoms with van der Waals surface area (Å²) in [6, 6.07) is 4.80. The molecule has 3 amide bonds. The van der Waals surface area contributed by atoms with Gasteiger partial charge in [-0.1, -0.05) is 0 Å². The van der Waals surface area contributed by atoms with Crippen molar-refractivity contribution in [3.8, 4) is 0 Å². The fourth-order valence-electron chi connectivity index (χ4n) is 3.46. The van der Waals surface area contributed by atoms with Crippen molar-refractivity contribution >= 4 is 34.8 Å². The Hall–Kier alpha value is -3.99. The Balaban J connectivity index is 1.65. The van der Waals surface area contributed by atoms with Crippen LogP contribution < -0.4 is 15.5 Å². The molecule has 182 valence electrons. The second-order valence-corrected chi connectivity index (χ2v) is 8.50. The van der Waals surface area contributed by atoms with Gasteiger partial charge in [0.2, 0.25) is 0 Å². The Bertz CT molecular complexity index is 1160. The Labute approximate surface area is 198 Å². The number of nitrogens with two attached hydrogens (primary N) is 1. The van der Waals surface area contributed by atoms with Crippen LogP contribution in [0.5, 0.6) is 0 Å². The van der Waals surface area contributed by atoms with Crippen molar-refractivity contribution in [2.75, 3.05) is 63.9 Å². The van der Waals surface area contributed by atoms with Crippen LogP contribution in [-0.4, -0.2) is 90.8 Å². The average molecular weight is 469 g/mol. The Kier molecular flexibility index (Phi) is 7.47. The smallest absolute Gasteiger partial charge is 0.274 e. The molecule has 11 nitrogen and oxygen atoms in total. The summed E-state index contributed by atoms with van der Waals surface area (Å²) < 4.78 is 0. The highest BCUT2D eigenvalue weighted by Gasteiger charge is 2.22. The summed E-state index contributed by atoms with van der Waals surface area (Å²) in [6.45, 7) is 1.52. The zero-order valence-electron chi connectivity index (χ0n) is 20.2. The van der Waals surface area contributed by atoms with Gasteiger partial charge in [-0.2, -0.15) is 0 Å². The van der Waals surface area contributed by atoms with E-state index in [0.29, 0.717) is 40.7 Å². The number of nitrogen functional groups attached to an aromatic ring is 1. The van der Waals surface area contributed by atoms with Crippen molar-refractivity contribution in [1.29, 1.82) is 0 Å². The van der Waals surface area contributed by atoms with Gasteiger partial charge in [-0.3, -0.25) is 14.4 Å². The van der Waals surface area contributed by atoms with Crippen molar-refractivity contribution in [3.63, 3.8) is 0 Å². The first-order valence-electron chi connectivity index (χ1n) is 10.9. The molecule has 0 radical (unpaired) electrons. The molecule has 3 heterocycles. The molecular formula is C23H32N8O3. The normalized spacial score (nSPS) is 11.0. The fourth-order valence-corrected chi connectivity index (χ4v) is 3.46. The van der Waals surface area contributed by atoms with Crippen molar-refractivity contribution in [1.82, 2.24) is 24.8 Å². The minimum absolute atomic E-state index is 0.141. The van der Waals surface area contributed by atoms with Gasteiger partial charge in [-0.15, -0.1) is 0 Å². The number of hydrogen-bond acceptors (Lipinski definition) is 5. The standard InChI is InChI=1S/C23H32N8O3/c1-28(2)7-6-8-29(3)21(32)19-10-16(13-26-19)31(5)23(34)20-11-17(14-27-20)30(4)22(33)18-9-15(24)12-25-18/h9-14,25-27H,6-8,24H2,1-5H3. The molecule has 0 spiro atoms. The van der Waals surface area contributed by atoms with Crippen molar-refractivity contribution in [2.24, 2.45) is 0 Å². The zero-order chi connectivity index (χ0) is 25.0. The van der Waals surface area contributed by atoms with Crippen molar-refractivity contribution in [3.05, 3.63) is 53.9 Å². The second-order valence-electron chi connectivity index (χ2n) is 8.50. The van der Waals surface area contributed by atoms with Crippen LogP contribution in [0.3, 0.4) is 0 Å². The van der Waals surface area contributed by atoms with Gasteiger partial charge in [0.05, 0.1) is 11.4 Å². The van der Waals surface area contributed by atoms with Gasteiger partial charge >= 0.3 is 0 Å². The lowest BCUT2D eigenvalue weighted by Gasteiger charge is -2.18. The molecule has 3 rings (SSSR count). The van der Waals surface area contributed by atoms with Crippen molar-refractivity contribution < 1.29 is 14.4 Å². The van der Waals surface area contributed by atoms with Gasteiger partial charge < -0.3 is 40.3 Å². The van der Waals surface area contributed by atoms with E-state index < -0.39 is 0 Å². The number of carbonyl (C=O) groups excluding carboxylic acids is 3. The number of amides is 3. The first kappa shape index (κ1) is 24.6. The van der Waals surface area contributed by atoms with E-state index in [0.717, 1.165) is 13.0 Å². The summed E-state index contributed by atoms with van der Waals surface area (Å²) in [5, 5.41) is 0. The van der Waals surface area contributed by atoms with Crippen LogP contribution in [-0.2, 0) is 0 Å². The molecule has 34 heavy (non-hydrogen) atoms. The lowest BCUT2D eigenvalue weighted by atomic mass is 10.3. The highest BCUT2D eigenvalue weighted by atomic mass is 16.2. The quantitative estimate of drug-likeness (QED) is 0.380. The van der Waals surface area contributed by atoms with E-state index in [2.05, 4.69) is 19.9 Å². The lowest BCUT2D eigenvalue weighted by Crippen LogP contribution is -2.30. The largest absolute Gasteiger partial charge is 0.397 e. The lowest BCUT2D eigenvalue weighted by molar-refractivity contribution is 0.0785. The van der Waals surface area contributed by atoms with Crippen LogP contribution in [0.15, 0.2) is 36.8 Å². The highest BCUT2D eigenvalue weighted by Crippen LogP contribution is 2.21. The van der Waals surface area contributed by atoms with E-state index in [1.54, 1.807) is 62.8 Å². The number of nitrogens with one attached hydrogen (secondary N) is 3. The summed E-state index contributed by atoms with van der Waals surface area (Å²) in [7, 11) is 8.98. The molecule has 0 aliphatic heterocycles. The molecule has 0 bridgehead atoms. The molecule has 0 unspecified atom stereocenters. The number of aromatic amines is 3. The van der Waals surface area contributed by atoms with E-state index in [9.17, 15) is 14.4 Å². The van der Waals surface area contributed by atoms with Gasteiger partial charge in [0.15, 0.2) is 0 Å². The first-order chi connectivity index (χ1) is 16.1. The number of anilines is 3. The number of rotatable bonds is 9. The Morgan fingerprint density at radius 3 is 1.65 bits per heavy atom. The van der Waals surface area contributed by atoms with E-state index in [-0.39, 0.29) is 17.7 Å². The molecule has 0 fully saturated rings. The predicted octanol–water partition coefficient (Wildman–Crippen LogP) is 1.83. The van der Waals surface area contributed by atoms with Crippen LogP contribution in [0.25, 0.3) is 0 Å². The summed E-state index contributed by atoms with van der Waals surface area (Å²) in [6.07, 6.45) is 5.61. The minimum atomic E-state index is -0.312. The zero-order valence-corrected chi connectivity index (χ0v) is 20.2. The third kappa shape index (κ3) is 5.49. The molecule has 0 saturated carbocycles. The van der Waals surface area contributed by atoms with Gasteiger partial charge in [0.1, 0.15) is 17.1 Å². The SMILES string of the molecule is CN(C)CCCN(C)C(=O)c1cc(N(C)C(=O)c2cc(N(C)C(=O)c3cc(N)c[nH]3)c[nH]2)c[nH]1. The van der Waals surface area contributed by atoms with Gasteiger partial charge in [0.25, 0.3) is 17.7 Å². The van der Waals surface area contributed by atoms with Gasteiger partial charge in [-0.05, 0) is 45.3 Å². The third-order valence-electron chi connectivity index (χ3n) is 5.56. The summed E-state index contributed by atoms with van der Waals surface area (Å²) in [5.74, 6) is -0.738. The topological polar surface area (TPSA) is 138 Å². The maximum absolute atomic E-state index is 13.0. The first-order valence-corrected chi connectivity index (χ1v) is 10.9. The molecule has 11 heteroatoms. The van der Waals surface area contributed by atoms with E-state index in [1.807, 2.05) is 14.1 Å². The van der Waals surface area contributed by atoms with E-state index in [1.165, 1.54) is 9.80 Å². The van der Waals surface area contributed by atoms with Gasteiger partial charge in [-0.25, -0.2) is 0 Å². The highest BCUT2D eigenvalue weighted by molar-refractivity contribution is 6.08. The maximum atomic E-state index is 13.0. The Morgan fingerprint density at radius 1 is 0.706 bits per heavy atom.